The molecule has 0 rings (SSSR count). The smallest absolute Gasteiger partial charge is 0.462 e. The molecule has 0 aromatic carbocycles. The van der Waals surface area contributed by atoms with E-state index in [1.54, 1.807) is 0 Å². The molecular formula is C70H123O11P. The number of carbonyl (C=O) groups excluding carboxylic acids is 3. The third-order valence-electron chi connectivity index (χ3n) is 14.3. The Morgan fingerprint density at radius 3 is 1.01 bits per heavy atom. The van der Waals surface area contributed by atoms with Gasteiger partial charge in [0.25, 0.3) is 0 Å². The monoisotopic (exact) mass is 1170 g/mol. The molecule has 0 bridgehead atoms. The van der Waals surface area contributed by atoms with Gasteiger partial charge in [-0.15, -0.1) is 0 Å². The molecule has 0 aliphatic rings. The van der Waals surface area contributed by atoms with Crippen LogP contribution in [0.2, 0.25) is 0 Å². The van der Waals surface area contributed by atoms with Crippen molar-refractivity contribution >= 4 is 25.7 Å². The molecule has 12 heteroatoms. The van der Waals surface area contributed by atoms with Gasteiger partial charge in [0.1, 0.15) is 12.7 Å². The summed E-state index contributed by atoms with van der Waals surface area (Å²) in [5, 5.41) is 9.87. The van der Waals surface area contributed by atoms with E-state index in [0.717, 1.165) is 103 Å². The Hall–Kier alpha value is -3.34. The summed E-state index contributed by atoms with van der Waals surface area (Å²) in [6.07, 6.45) is 75.3. The minimum absolute atomic E-state index is 0.126. The SMILES string of the molecule is CC/C=C\C/C=C\C/C=C\C/C=C\C/C=C\CCCCCC(=O)OC(COC(=O)CCCCCCCCCCC/C=C\C/C=C\CCCCC)COP(=O)(O)OCC(CO)OC(=O)CCCCCCCCCCCCCCCCCCC. The molecular weight excluding hydrogens is 1050 g/mol. The van der Waals surface area contributed by atoms with Gasteiger partial charge >= 0.3 is 25.7 Å². The van der Waals surface area contributed by atoms with E-state index >= 15 is 0 Å². The first-order valence-corrected chi connectivity index (χ1v) is 35.0. The average Bonchev–Trinajstić information content (AvgIpc) is 3.50. The van der Waals surface area contributed by atoms with Crippen LogP contribution >= 0.6 is 7.82 Å². The highest BCUT2D eigenvalue weighted by molar-refractivity contribution is 7.47. The van der Waals surface area contributed by atoms with Crippen molar-refractivity contribution in [2.45, 2.75) is 315 Å². The van der Waals surface area contributed by atoms with Crippen molar-refractivity contribution in [1.82, 2.24) is 0 Å². The lowest BCUT2D eigenvalue weighted by molar-refractivity contribution is -0.161. The van der Waals surface area contributed by atoms with Crippen LogP contribution in [0.15, 0.2) is 85.1 Å². The Balaban J connectivity index is 4.74. The molecule has 2 N–H and O–H groups in total. The zero-order valence-corrected chi connectivity index (χ0v) is 53.6. The molecule has 0 saturated heterocycles. The third kappa shape index (κ3) is 61.2. The number of hydrogen-bond donors (Lipinski definition) is 2. The summed E-state index contributed by atoms with van der Waals surface area (Å²) in [6, 6.07) is 0. The Labute approximate surface area is 502 Å². The molecule has 0 aromatic rings. The second-order valence-electron chi connectivity index (χ2n) is 22.3. The van der Waals surface area contributed by atoms with Gasteiger partial charge in [0, 0.05) is 19.3 Å². The Morgan fingerprint density at radius 1 is 0.354 bits per heavy atom. The van der Waals surface area contributed by atoms with E-state index in [-0.39, 0.29) is 25.9 Å². The summed E-state index contributed by atoms with van der Waals surface area (Å²) in [7, 11) is -4.77. The molecule has 0 radical (unpaired) electrons. The molecule has 0 aromatic heterocycles. The number of phosphoric acid groups is 1. The minimum Gasteiger partial charge on any atom is -0.462 e. The number of unbranched alkanes of at least 4 members (excludes halogenated alkanes) is 31. The standard InChI is InChI=1S/C70H123O11P/c1-4-7-10-13-16-19-22-25-28-31-33-36-38-41-44-47-50-53-56-59-68(72)77-63-67(81-70(74)61-58-55-52-49-46-43-40-37-34-32-29-26-23-20-17-14-11-8-5-2)65-79-82(75,76)78-64-66(62-71)80-69(73)60-57-54-51-48-45-42-39-35-30-27-24-21-18-15-12-9-6-3/h8,11,16-17,19-20,25-26,28-29,34,37,43,46,66-67,71H,4-7,9-10,12-15,18,21-24,27,30-33,35-36,38-42,44-45,47-65H2,1-3H3,(H,75,76)/b11-8-,19-16-,20-17-,28-25-,29-26-,37-34-,46-43-. The minimum atomic E-state index is -4.77. The largest absolute Gasteiger partial charge is 0.472 e. The Bertz CT molecular complexity index is 1700. The van der Waals surface area contributed by atoms with Gasteiger partial charge in [-0.1, -0.05) is 273 Å². The first-order chi connectivity index (χ1) is 40.2. The molecule has 0 fully saturated rings. The number of allylic oxidation sites excluding steroid dienone is 14. The molecule has 0 aliphatic carbocycles. The number of ether oxygens (including phenoxy) is 3. The third-order valence-corrected chi connectivity index (χ3v) is 15.3. The van der Waals surface area contributed by atoms with Gasteiger partial charge < -0.3 is 24.2 Å². The van der Waals surface area contributed by atoms with Crippen molar-refractivity contribution < 1.29 is 52.2 Å². The van der Waals surface area contributed by atoms with E-state index in [9.17, 15) is 28.9 Å². The summed E-state index contributed by atoms with van der Waals surface area (Å²) in [4.78, 5) is 48.8. The van der Waals surface area contributed by atoms with E-state index in [2.05, 4.69) is 106 Å². The van der Waals surface area contributed by atoms with Gasteiger partial charge in [-0.2, -0.15) is 0 Å². The Kier molecular flexibility index (Phi) is 61.1. The van der Waals surface area contributed by atoms with E-state index in [4.69, 9.17) is 23.3 Å². The molecule has 82 heavy (non-hydrogen) atoms. The van der Waals surface area contributed by atoms with Crippen LogP contribution in [0.1, 0.15) is 303 Å². The van der Waals surface area contributed by atoms with Crippen LogP contribution in [0.4, 0.5) is 0 Å². The van der Waals surface area contributed by atoms with Crippen molar-refractivity contribution in [3.8, 4) is 0 Å². The fourth-order valence-corrected chi connectivity index (χ4v) is 10.0. The molecule has 0 amide bonds. The number of hydrogen-bond acceptors (Lipinski definition) is 10. The van der Waals surface area contributed by atoms with Gasteiger partial charge in [0.15, 0.2) is 6.10 Å². The first-order valence-electron chi connectivity index (χ1n) is 33.5. The topological polar surface area (TPSA) is 155 Å². The second-order valence-corrected chi connectivity index (χ2v) is 23.7. The molecule has 474 valence electrons. The fraction of sp³-hybridized carbons (Fsp3) is 0.757. The molecule has 0 saturated carbocycles. The number of aliphatic hydroxyl groups is 1. The van der Waals surface area contributed by atoms with Gasteiger partial charge in [0.05, 0.1) is 19.8 Å². The highest BCUT2D eigenvalue weighted by atomic mass is 31.2. The maximum atomic E-state index is 13.0. The Morgan fingerprint density at radius 2 is 0.634 bits per heavy atom. The fourth-order valence-electron chi connectivity index (χ4n) is 9.24. The van der Waals surface area contributed by atoms with Gasteiger partial charge in [-0.25, -0.2) is 4.57 Å². The van der Waals surface area contributed by atoms with Crippen LogP contribution in [0.3, 0.4) is 0 Å². The maximum Gasteiger partial charge on any atom is 0.472 e. The molecule has 3 atom stereocenters. The van der Waals surface area contributed by atoms with Crippen molar-refractivity contribution in [2.24, 2.45) is 0 Å². The molecule has 3 unspecified atom stereocenters. The van der Waals surface area contributed by atoms with Crippen molar-refractivity contribution in [3.63, 3.8) is 0 Å². The van der Waals surface area contributed by atoms with E-state index in [1.165, 1.54) is 141 Å². The highest BCUT2D eigenvalue weighted by Gasteiger charge is 2.28. The van der Waals surface area contributed by atoms with Gasteiger partial charge in [-0.05, 0) is 96.3 Å². The van der Waals surface area contributed by atoms with E-state index in [1.807, 2.05) is 0 Å². The zero-order chi connectivity index (χ0) is 59.8. The number of esters is 3. The number of phosphoric ester groups is 1. The van der Waals surface area contributed by atoms with Crippen LogP contribution in [0.25, 0.3) is 0 Å². The summed E-state index contributed by atoms with van der Waals surface area (Å²) in [6.45, 7) is 4.52. The van der Waals surface area contributed by atoms with Crippen molar-refractivity contribution in [2.75, 3.05) is 26.4 Å². The van der Waals surface area contributed by atoms with Crippen LogP contribution in [-0.2, 0) is 42.2 Å². The molecule has 11 nitrogen and oxygen atoms in total. The lowest BCUT2D eigenvalue weighted by atomic mass is 10.0. The van der Waals surface area contributed by atoms with E-state index < -0.39 is 57.8 Å². The predicted octanol–water partition coefficient (Wildman–Crippen LogP) is 20.6. The normalized spacial score (nSPS) is 13.8. The summed E-state index contributed by atoms with van der Waals surface area (Å²) in [5.74, 6) is -1.50. The number of rotatable bonds is 62. The van der Waals surface area contributed by atoms with E-state index in [0.29, 0.717) is 19.3 Å². The quantitative estimate of drug-likeness (QED) is 0.0197. The lowest BCUT2D eigenvalue weighted by Gasteiger charge is -2.21. The zero-order valence-electron chi connectivity index (χ0n) is 52.7. The second kappa shape index (κ2) is 63.7. The summed E-state index contributed by atoms with van der Waals surface area (Å²) >= 11 is 0. The highest BCUT2D eigenvalue weighted by Crippen LogP contribution is 2.43. The predicted molar refractivity (Wildman–Crippen MR) is 344 cm³/mol. The van der Waals surface area contributed by atoms with Gasteiger partial charge in [-0.3, -0.25) is 23.4 Å². The van der Waals surface area contributed by atoms with Crippen LogP contribution in [0, 0.1) is 0 Å². The van der Waals surface area contributed by atoms with Gasteiger partial charge in [0.2, 0.25) is 0 Å². The van der Waals surface area contributed by atoms with Crippen molar-refractivity contribution in [3.05, 3.63) is 85.1 Å². The average molecular weight is 1170 g/mol. The summed E-state index contributed by atoms with van der Waals surface area (Å²) in [5.41, 5.74) is 0. The van der Waals surface area contributed by atoms with Crippen molar-refractivity contribution in [1.29, 1.82) is 0 Å². The number of carbonyl (C=O) groups is 3. The molecule has 0 spiro atoms. The molecule has 0 aliphatic heterocycles. The maximum absolute atomic E-state index is 13.0. The number of aliphatic hydroxyl groups excluding tert-OH is 1. The van der Waals surface area contributed by atoms with Crippen LogP contribution in [-0.4, -0.2) is 66.5 Å². The molecule has 0 heterocycles. The lowest BCUT2D eigenvalue weighted by Crippen LogP contribution is -2.30. The first kappa shape index (κ1) is 78.7. The summed E-state index contributed by atoms with van der Waals surface area (Å²) < 4.78 is 39.7. The van der Waals surface area contributed by atoms with Crippen LogP contribution in [0.5, 0.6) is 0 Å². The van der Waals surface area contributed by atoms with Crippen LogP contribution < -0.4 is 0 Å².